The molecular weight excluding hydrogens is 536 g/mol. The minimum atomic E-state index is -0.915. The molecule has 206 valence electrons. The van der Waals surface area contributed by atoms with E-state index >= 15 is 0 Å². The molecule has 4 rings (SSSR count). The van der Waals surface area contributed by atoms with Crippen LogP contribution in [0.3, 0.4) is 0 Å². The minimum Gasteiger partial charge on any atom is -0.493 e. The number of nitrogens with zero attached hydrogens (tertiary/aromatic N) is 1. The number of anilines is 1. The second-order valence-corrected chi connectivity index (χ2v) is 9.37. The Labute approximate surface area is 236 Å². The monoisotopic (exact) mass is 562 g/mol. The number of esters is 1. The molecule has 10 heteroatoms. The van der Waals surface area contributed by atoms with E-state index in [2.05, 4.69) is 5.32 Å². The number of methoxy groups -OCH3 is 1. The molecule has 3 aromatic rings. The van der Waals surface area contributed by atoms with Crippen molar-refractivity contribution in [3.05, 3.63) is 93.0 Å². The van der Waals surface area contributed by atoms with E-state index in [-0.39, 0.29) is 35.1 Å². The maximum atomic E-state index is 13.3. The van der Waals surface area contributed by atoms with Gasteiger partial charge in [0.1, 0.15) is 12.2 Å². The summed E-state index contributed by atoms with van der Waals surface area (Å²) < 4.78 is 16.4. The molecule has 3 aromatic carbocycles. The van der Waals surface area contributed by atoms with Crippen molar-refractivity contribution < 1.29 is 33.4 Å². The highest BCUT2D eigenvalue weighted by atomic mass is 35.5. The number of urea groups is 1. The zero-order valence-corrected chi connectivity index (χ0v) is 23.1. The highest BCUT2D eigenvalue weighted by Gasteiger charge is 2.37. The van der Waals surface area contributed by atoms with Crippen molar-refractivity contribution in [2.75, 3.05) is 18.6 Å². The van der Waals surface area contributed by atoms with Gasteiger partial charge in [-0.2, -0.15) is 0 Å². The van der Waals surface area contributed by atoms with Gasteiger partial charge in [-0.3, -0.25) is 14.9 Å². The van der Waals surface area contributed by atoms with Crippen molar-refractivity contribution in [2.24, 2.45) is 0 Å². The predicted molar refractivity (Wildman–Crippen MR) is 150 cm³/mol. The van der Waals surface area contributed by atoms with Gasteiger partial charge in [0, 0.05) is 0 Å². The van der Waals surface area contributed by atoms with Gasteiger partial charge in [-0.15, -0.1) is 0 Å². The maximum Gasteiger partial charge on any atom is 0.338 e. The fraction of sp³-hybridized carbons (Fsp3) is 0.200. The summed E-state index contributed by atoms with van der Waals surface area (Å²) in [4.78, 5) is 51.2. The Bertz CT molecular complexity index is 1530. The van der Waals surface area contributed by atoms with Crippen LogP contribution in [0.15, 0.2) is 60.2 Å². The van der Waals surface area contributed by atoms with E-state index in [1.807, 2.05) is 32.0 Å². The summed E-state index contributed by atoms with van der Waals surface area (Å²) in [7, 11) is 1.45. The average Bonchev–Trinajstić information content (AvgIpc) is 2.92. The SMILES string of the molecule is CCOC(=O)c1ccc(N2C(=O)NC(=O)/C(=C\c3cc(Cl)c(OCc4ccc(C)c(C)c4)c(OC)c3)C2=O)cc1. The van der Waals surface area contributed by atoms with Crippen LogP contribution in [0.4, 0.5) is 10.5 Å². The van der Waals surface area contributed by atoms with Gasteiger partial charge in [-0.1, -0.05) is 29.8 Å². The number of hydrogen-bond donors (Lipinski definition) is 1. The number of ether oxygens (including phenoxy) is 3. The van der Waals surface area contributed by atoms with Gasteiger partial charge < -0.3 is 14.2 Å². The fourth-order valence-corrected chi connectivity index (χ4v) is 4.31. The normalized spacial score (nSPS) is 14.3. The van der Waals surface area contributed by atoms with Crippen LogP contribution in [0, 0.1) is 13.8 Å². The highest BCUT2D eigenvalue weighted by molar-refractivity contribution is 6.39. The Kier molecular flexibility index (Phi) is 8.55. The first kappa shape index (κ1) is 28.4. The second-order valence-electron chi connectivity index (χ2n) is 8.97. The summed E-state index contributed by atoms with van der Waals surface area (Å²) in [6.45, 7) is 6.19. The topological polar surface area (TPSA) is 111 Å². The number of aryl methyl sites for hydroxylation is 2. The third-order valence-corrected chi connectivity index (χ3v) is 6.54. The Morgan fingerprint density at radius 2 is 1.73 bits per heavy atom. The molecule has 1 aliphatic heterocycles. The maximum absolute atomic E-state index is 13.3. The molecule has 1 aliphatic rings. The predicted octanol–water partition coefficient (Wildman–Crippen LogP) is 5.39. The van der Waals surface area contributed by atoms with E-state index in [1.54, 1.807) is 13.0 Å². The van der Waals surface area contributed by atoms with Gasteiger partial charge >= 0.3 is 12.0 Å². The van der Waals surface area contributed by atoms with Crippen molar-refractivity contribution in [1.29, 1.82) is 0 Å². The van der Waals surface area contributed by atoms with Crippen molar-refractivity contribution in [2.45, 2.75) is 27.4 Å². The second kappa shape index (κ2) is 12.0. The standard InChI is InChI=1S/C30H27ClN2O7/c1-5-39-29(36)21-8-10-22(11-9-21)33-28(35)23(27(34)32-30(33)37)13-20-14-24(31)26(25(15-20)38-4)40-16-19-7-6-17(2)18(3)12-19/h6-15H,5,16H2,1-4H3,(H,32,34,37)/b23-13+. The fourth-order valence-electron chi connectivity index (χ4n) is 4.03. The van der Waals surface area contributed by atoms with Crippen LogP contribution in [0.25, 0.3) is 6.08 Å². The quantitative estimate of drug-likeness (QED) is 0.223. The molecular formula is C30H27ClN2O7. The van der Waals surface area contributed by atoms with Crippen LogP contribution in [-0.4, -0.2) is 37.5 Å². The summed E-state index contributed by atoms with van der Waals surface area (Å²) in [6.07, 6.45) is 1.31. The van der Waals surface area contributed by atoms with Gasteiger partial charge in [0.25, 0.3) is 11.8 Å². The molecule has 1 heterocycles. The highest BCUT2D eigenvalue weighted by Crippen LogP contribution is 2.38. The van der Waals surface area contributed by atoms with Crippen molar-refractivity contribution >= 4 is 47.2 Å². The number of imide groups is 2. The summed E-state index contributed by atoms with van der Waals surface area (Å²) in [5.74, 6) is -1.63. The number of carbonyl (C=O) groups excluding carboxylic acids is 4. The lowest BCUT2D eigenvalue weighted by atomic mass is 10.1. The number of rotatable bonds is 8. The van der Waals surface area contributed by atoms with E-state index in [0.717, 1.165) is 16.0 Å². The molecule has 0 radical (unpaired) electrons. The zero-order valence-electron chi connectivity index (χ0n) is 22.4. The first-order valence-electron chi connectivity index (χ1n) is 12.4. The first-order valence-corrected chi connectivity index (χ1v) is 12.8. The molecule has 0 bridgehead atoms. The molecule has 9 nitrogen and oxygen atoms in total. The van der Waals surface area contributed by atoms with Crippen LogP contribution in [0.1, 0.15) is 39.5 Å². The van der Waals surface area contributed by atoms with Gasteiger partial charge in [0.15, 0.2) is 11.5 Å². The summed E-state index contributed by atoms with van der Waals surface area (Å²) in [5.41, 5.74) is 3.77. The summed E-state index contributed by atoms with van der Waals surface area (Å²) in [5, 5.41) is 2.38. The number of nitrogens with one attached hydrogen (secondary N) is 1. The molecule has 1 fully saturated rings. The third kappa shape index (κ3) is 6.00. The Hall–Kier alpha value is -4.63. The number of carbonyl (C=O) groups is 4. The lowest BCUT2D eigenvalue weighted by molar-refractivity contribution is -0.122. The lowest BCUT2D eigenvalue weighted by Crippen LogP contribution is -2.54. The van der Waals surface area contributed by atoms with Crippen LogP contribution in [-0.2, 0) is 20.9 Å². The molecule has 0 atom stereocenters. The van der Waals surface area contributed by atoms with Crippen molar-refractivity contribution in [1.82, 2.24) is 5.32 Å². The van der Waals surface area contributed by atoms with Crippen LogP contribution in [0.2, 0.25) is 5.02 Å². The summed E-state index contributed by atoms with van der Waals surface area (Å²) in [6, 6.07) is 13.9. The van der Waals surface area contributed by atoms with E-state index in [4.69, 9.17) is 25.8 Å². The van der Waals surface area contributed by atoms with E-state index in [9.17, 15) is 19.2 Å². The Morgan fingerprint density at radius 3 is 2.38 bits per heavy atom. The van der Waals surface area contributed by atoms with Gasteiger partial charge in [0.05, 0.1) is 30.0 Å². The number of benzene rings is 3. The number of barbiturate groups is 1. The largest absolute Gasteiger partial charge is 0.493 e. The molecule has 0 saturated carbocycles. The molecule has 0 unspecified atom stereocenters. The van der Waals surface area contributed by atoms with E-state index in [1.165, 1.54) is 49.1 Å². The Balaban J connectivity index is 1.60. The zero-order chi connectivity index (χ0) is 29.0. The lowest BCUT2D eigenvalue weighted by Gasteiger charge is -2.26. The molecule has 1 saturated heterocycles. The number of halogens is 1. The van der Waals surface area contributed by atoms with E-state index in [0.29, 0.717) is 17.1 Å². The van der Waals surface area contributed by atoms with Gasteiger partial charge in [-0.25, -0.2) is 14.5 Å². The van der Waals surface area contributed by atoms with Gasteiger partial charge in [0.2, 0.25) is 0 Å². The smallest absolute Gasteiger partial charge is 0.338 e. The van der Waals surface area contributed by atoms with Crippen molar-refractivity contribution in [3.63, 3.8) is 0 Å². The third-order valence-electron chi connectivity index (χ3n) is 6.26. The van der Waals surface area contributed by atoms with Crippen molar-refractivity contribution in [3.8, 4) is 11.5 Å². The summed E-state index contributed by atoms with van der Waals surface area (Å²) >= 11 is 6.51. The average molecular weight is 563 g/mol. The molecule has 0 spiro atoms. The molecule has 0 aromatic heterocycles. The van der Waals surface area contributed by atoms with Crippen LogP contribution in [0.5, 0.6) is 11.5 Å². The van der Waals surface area contributed by atoms with Gasteiger partial charge in [-0.05, 0) is 85.5 Å². The molecule has 40 heavy (non-hydrogen) atoms. The minimum absolute atomic E-state index is 0.166. The van der Waals surface area contributed by atoms with E-state index < -0.39 is 23.8 Å². The first-order chi connectivity index (χ1) is 19.1. The molecule has 1 N–H and O–H groups in total. The Morgan fingerprint density at radius 1 is 1.00 bits per heavy atom. The molecule has 4 amide bonds. The number of hydrogen-bond acceptors (Lipinski definition) is 7. The molecule has 0 aliphatic carbocycles. The van der Waals surface area contributed by atoms with Crippen LogP contribution >= 0.6 is 11.6 Å². The number of amides is 4. The van der Waals surface area contributed by atoms with Crippen LogP contribution < -0.4 is 19.7 Å².